The number of guanidine groups is 1. The van der Waals surface area contributed by atoms with Gasteiger partial charge in [-0.3, -0.25) is 4.99 Å². The van der Waals surface area contributed by atoms with Gasteiger partial charge >= 0.3 is 0 Å². The molecule has 0 saturated heterocycles. The maximum absolute atomic E-state index is 12.9. The standard InChI is InChI=1S/C15H24FN3O3S/c1-17-15(18-8-9-22-10-11-23(3,20)21)19(2)12-13-4-6-14(16)7-5-13/h4-7H,8-12H2,1-3H3,(H,17,18). The van der Waals surface area contributed by atoms with E-state index in [9.17, 15) is 12.8 Å². The molecule has 0 aliphatic rings. The number of benzene rings is 1. The van der Waals surface area contributed by atoms with Crippen LogP contribution in [-0.4, -0.2) is 65.1 Å². The lowest BCUT2D eigenvalue weighted by Crippen LogP contribution is -2.40. The van der Waals surface area contributed by atoms with Crippen molar-refractivity contribution in [2.45, 2.75) is 6.54 Å². The first-order chi connectivity index (χ1) is 10.8. The second kappa shape index (κ2) is 9.46. The molecule has 0 fully saturated rings. The summed E-state index contributed by atoms with van der Waals surface area (Å²) in [4.78, 5) is 6.07. The van der Waals surface area contributed by atoms with Crippen LogP contribution in [0.2, 0.25) is 0 Å². The van der Waals surface area contributed by atoms with Crippen molar-refractivity contribution in [3.05, 3.63) is 35.6 Å². The van der Waals surface area contributed by atoms with Crippen molar-refractivity contribution >= 4 is 15.8 Å². The summed E-state index contributed by atoms with van der Waals surface area (Å²) in [5.74, 6) is 0.442. The summed E-state index contributed by atoms with van der Waals surface area (Å²) < 4.78 is 40.1. The second-order valence-electron chi connectivity index (χ2n) is 5.20. The first kappa shape index (κ1) is 19.4. The lowest BCUT2D eigenvalue weighted by Gasteiger charge is -2.22. The van der Waals surface area contributed by atoms with Gasteiger partial charge in [-0.05, 0) is 17.7 Å². The minimum Gasteiger partial charge on any atom is -0.379 e. The fourth-order valence-corrected chi connectivity index (χ4v) is 2.29. The molecule has 0 saturated carbocycles. The van der Waals surface area contributed by atoms with Gasteiger partial charge in [0.1, 0.15) is 15.7 Å². The van der Waals surface area contributed by atoms with Crippen molar-refractivity contribution in [2.75, 3.05) is 45.9 Å². The van der Waals surface area contributed by atoms with Crippen molar-refractivity contribution in [1.29, 1.82) is 0 Å². The molecule has 0 bridgehead atoms. The molecule has 0 amide bonds. The highest BCUT2D eigenvalue weighted by molar-refractivity contribution is 7.90. The minimum absolute atomic E-state index is 0.0200. The van der Waals surface area contributed by atoms with E-state index in [1.165, 1.54) is 18.4 Å². The fraction of sp³-hybridized carbons (Fsp3) is 0.533. The van der Waals surface area contributed by atoms with Crippen LogP contribution in [0.4, 0.5) is 4.39 Å². The molecule has 1 N–H and O–H groups in total. The van der Waals surface area contributed by atoms with Gasteiger partial charge in [-0.25, -0.2) is 12.8 Å². The summed E-state index contributed by atoms with van der Waals surface area (Å²) in [6.07, 6.45) is 1.18. The van der Waals surface area contributed by atoms with Crippen LogP contribution in [0.5, 0.6) is 0 Å². The Bertz CT molecular complexity index is 603. The van der Waals surface area contributed by atoms with Gasteiger partial charge in [-0.15, -0.1) is 0 Å². The van der Waals surface area contributed by atoms with E-state index in [0.717, 1.165) is 5.56 Å². The molecule has 1 rings (SSSR count). The predicted octanol–water partition coefficient (Wildman–Crippen LogP) is 0.894. The van der Waals surface area contributed by atoms with Gasteiger partial charge < -0.3 is 15.0 Å². The van der Waals surface area contributed by atoms with E-state index in [-0.39, 0.29) is 18.2 Å². The van der Waals surface area contributed by atoms with Crippen molar-refractivity contribution in [3.63, 3.8) is 0 Å². The van der Waals surface area contributed by atoms with E-state index in [1.807, 2.05) is 11.9 Å². The Balaban J connectivity index is 2.31. The van der Waals surface area contributed by atoms with Gasteiger partial charge in [-0.1, -0.05) is 12.1 Å². The number of nitrogens with one attached hydrogen (secondary N) is 1. The molecule has 0 radical (unpaired) electrons. The molecule has 0 spiro atoms. The number of halogens is 1. The summed E-state index contributed by atoms with van der Waals surface area (Å²) in [7, 11) is 0.565. The number of nitrogens with zero attached hydrogens (tertiary/aromatic N) is 2. The van der Waals surface area contributed by atoms with Gasteiger partial charge in [0.15, 0.2) is 5.96 Å². The SMILES string of the molecule is CN=C(NCCOCCS(C)(=O)=O)N(C)Cc1ccc(F)cc1. The van der Waals surface area contributed by atoms with Gasteiger partial charge in [0.25, 0.3) is 0 Å². The molecule has 130 valence electrons. The Morgan fingerprint density at radius 2 is 1.96 bits per heavy atom. The van der Waals surface area contributed by atoms with E-state index >= 15 is 0 Å². The zero-order valence-electron chi connectivity index (χ0n) is 13.8. The summed E-state index contributed by atoms with van der Waals surface area (Å²) in [6, 6.07) is 6.31. The number of rotatable bonds is 8. The average Bonchev–Trinajstić information content (AvgIpc) is 2.47. The summed E-state index contributed by atoms with van der Waals surface area (Å²) in [5.41, 5.74) is 0.973. The predicted molar refractivity (Wildman–Crippen MR) is 89.8 cm³/mol. The lowest BCUT2D eigenvalue weighted by molar-refractivity contribution is 0.153. The van der Waals surface area contributed by atoms with E-state index in [1.54, 1.807) is 19.2 Å². The largest absolute Gasteiger partial charge is 0.379 e. The van der Waals surface area contributed by atoms with E-state index in [2.05, 4.69) is 10.3 Å². The molecule has 0 aliphatic carbocycles. The zero-order valence-corrected chi connectivity index (χ0v) is 14.6. The van der Waals surface area contributed by atoms with Crippen molar-refractivity contribution in [3.8, 4) is 0 Å². The quantitative estimate of drug-likeness (QED) is 0.430. The summed E-state index contributed by atoms with van der Waals surface area (Å²) in [6.45, 7) is 1.68. The maximum Gasteiger partial charge on any atom is 0.193 e. The highest BCUT2D eigenvalue weighted by atomic mass is 32.2. The second-order valence-corrected chi connectivity index (χ2v) is 7.46. The van der Waals surface area contributed by atoms with Gasteiger partial charge in [-0.2, -0.15) is 0 Å². The topological polar surface area (TPSA) is 71.0 Å². The number of ether oxygens (including phenoxy) is 1. The molecule has 6 nitrogen and oxygen atoms in total. The highest BCUT2D eigenvalue weighted by Crippen LogP contribution is 2.05. The van der Waals surface area contributed by atoms with Crippen LogP contribution in [-0.2, 0) is 21.1 Å². The van der Waals surface area contributed by atoms with Crippen LogP contribution in [0, 0.1) is 5.82 Å². The molecular weight excluding hydrogens is 321 g/mol. The monoisotopic (exact) mass is 345 g/mol. The van der Waals surface area contributed by atoms with Crippen LogP contribution in [0.25, 0.3) is 0 Å². The van der Waals surface area contributed by atoms with E-state index in [4.69, 9.17) is 4.74 Å². The molecule has 0 heterocycles. The normalized spacial score (nSPS) is 12.3. The Morgan fingerprint density at radius 3 is 2.52 bits per heavy atom. The minimum atomic E-state index is -2.99. The molecule has 1 aromatic carbocycles. The molecule has 0 atom stereocenters. The molecular formula is C15H24FN3O3S. The maximum atomic E-state index is 12.9. The molecule has 0 unspecified atom stereocenters. The fourth-order valence-electron chi connectivity index (χ4n) is 1.87. The van der Waals surface area contributed by atoms with Crippen LogP contribution in [0.3, 0.4) is 0 Å². The molecule has 0 aliphatic heterocycles. The zero-order chi connectivity index (χ0) is 17.3. The van der Waals surface area contributed by atoms with Crippen LogP contribution in [0.15, 0.2) is 29.3 Å². The summed E-state index contributed by atoms with van der Waals surface area (Å²) >= 11 is 0. The van der Waals surface area contributed by atoms with Crippen LogP contribution >= 0.6 is 0 Å². The molecule has 23 heavy (non-hydrogen) atoms. The van der Waals surface area contributed by atoms with E-state index < -0.39 is 9.84 Å². The average molecular weight is 345 g/mol. The Morgan fingerprint density at radius 1 is 1.30 bits per heavy atom. The van der Waals surface area contributed by atoms with Gasteiger partial charge in [0.05, 0.1) is 19.0 Å². The van der Waals surface area contributed by atoms with Gasteiger partial charge in [0, 0.05) is 33.4 Å². The molecule has 8 heteroatoms. The van der Waals surface area contributed by atoms with Crippen molar-refractivity contribution < 1.29 is 17.5 Å². The van der Waals surface area contributed by atoms with Crippen LogP contribution < -0.4 is 5.32 Å². The van der Waals surface area contributed by atoms with Crippen molar-refractivity contribution in [1.82, 2.24) is 10.2 Å². The van der Waals surface area contributed by atoms with Crippen molar-refractivity contribution in [2.24, 2.45) is 4.99 Å². The number of hydrogen-bond donors (Lipinski definition) is 1. The Labute approximate surface area is 137 Å². The lowest BCUT2D eigenvalue weighted by atomic mass is 10.2. The Kier molecular flexibility index (Phi) is 7.97. The van der Waals surface area contributed by atoms with E-state index in [0.29, 0.717) is 25.7 Å². The number of aliphatic imine (C=N–C) groups is 1. The molecule has 0 aromatic heterocycles. The van der Waals surface area contributed by atoms with Gasteiger partial charge in [0.2, 0.25) is 0 Å². The Hall–Kier alpha value is -1.67. The first-order valence-electron chi connectivity index (χ1n) is 7.23. The third-order valence-electron chi connectivity index (χ3n) is 3.03. The highest BCUT2D eigenvalue weighted by Gasteiger charge is 2.06. The smallest absolute Gasteiger partial charge is 0.193 e. The van der Waals surface area contributed by atoms with Crippen LogP contribution in [0.1, 0.15) is 5.56 Å². The first-order valence-corrected chi connectivity index (χ1v) is 9.29. The number of sulfone groups is 1. The summed E-state index contributed by atoms with van der Waals surface area (Å²) in [5, 5.41) is 3.13. The third-order valence-corrected chi connectivity index (χ3v) is 3.94. The number of hydrogen-bond acceptors (Lipinski definition) is 4. The third kappa shape index (κ3) is 8.51. The molecule has 1 aromatic rings.